The molecular formula is C16H12INO3. The molecule has 0 saturated carbocycles. The minimum atomic E-state index is 0.260. The summed E-state index contributed by atoms with van der Waals surface area (Å²) in [7, 11) is 1.52. The van der Waals surface area contributed by atoms with Gasteiger partial charge in [0.2, 0.25) is 0 Å². The highest BCUT2D eigenvalue weighted by molar-refractivity contribution is 14.1. The number of methoxy groups -OCH3 is 1. The monoisotopic (exact) mass is 393 g/mol. The fraction of sp³-hybridized carbons (Fsp3) is 0.125. The number of hydrogen-bond acceptors (Lipinski definition) is 4. The van der Waals surface area contributed by atoms with Crippen LogP contribution in [-0.2, 0) is 6.61 Å². The molecule has 0 aliphatic carbocycles. The first-order valence-corrected chi connectivity index (χ1v) is 7.21. The van der Waals surface area contributed by atoms with Gasteiger partial charge in [0.05, 0.1) is 22.3 Å². The number of ether oxygens (including phenoxy) is 2. The average molecular weight is 393 g/mol. The second-order valence-corrected chi connectivity index (χ2v) is 5.37. The van der Waals surface area contributed by atoms with Crippen LogP contribution in [0, 0.1) is 14.9 Å². The molecule has 0 amide bonds. The number of halogens is 1. The zero-order valence-corrected chi connectivity index (χ0v) is 13.5. The Kier molecular flexibility index (Phi) is 5.17. The molecular weight excluding hydrogens is 381 g/mol. The Balaban J connectivity index is 2.28. The van der Waals surface area contributed by atoms with Crippen molar-refractivity contribution in [2.45, 2.75) is 6.61 Å². The third-order valence-electron chi connectivity index (χ3n) is 2.90. The van der Waals surface area contributed by atoms with Gasteiger partial charge in [-0.1, -0.05) is 18.2 Å². The van der Waals surface area contributed by atoms with Crippen molar-refractivity contribution in [1.29, 1.82) is 5.26 Å². The second kappa shape index (κ2) is 7.09. The van der Waals surface area contributed by atoms with Gasteiger partial charge in [0, 0.05) is 11.1 Å². The number of benzene rings is 2. The molecule has 0 radical (unpaired) electrons. The van der Waals surface area contributed by atoms with Crippen molar-refractivity contribution in [3.05, 3.63) is 56.7 Å². The van der Waals surface area contributed by atoms with Crippen LogP contribution in [-0.4, -0.2) is 13.4 Å². The standard InChI is InChI=1S/C16H12INO3/c1-20-15-7-11(9-19)6-14(17)16(15)21-10-13-5-3-2-4-12(13)8-18/h2-7,9H,10H2,1H3. The summed E-state index contributed by atoms with van der Waals surface area (Å²) in [4.78, 5) is 10.9. The van der Waals surface area contributed by atoms with E-state index in [9.17, 15) is 4.79 Å². The normalized spacial score (nSPS) is 9.76. The van der Waals surface area contributed by atoms with E-state index in [4.69, 9.17) is 14.7 Å². The van der Waals surface area contributed by atoms with Crippen LogP contribution in [0.25, 0.3) is 0 Å². The molecule has 0 saturated heterocycles. The van der Waals surface area contributed by atoms with E-state index in [2.05, 4.69) is 28.7 Å². The minimum absolute atomic E-state index is 0.260. The van der Waals surface area contributed by atoms with Crippen molar-refractivity contribution in [2.24, 2.45) is 0 Å². The highest BCUT2D eigenvalue weighted by Gasteiger charge is 2.12. The van der Waals surface area contributed by atoms with Gasteiger partial charge in [-0.05, 0) is 40.8 Å². The van der Waals surface area contributed by atoms with Gasteiger partial charge >= 0.3 is 0 Å². The number of nitriles is 1. The van der Waals surface area contributed by atoms with Crippen LogP contribution in [0.4, 0.5) is 0 Å². The van der Waals surface area contributed by atoms with Crippen LogP contribution in [0.5, 0.6) is 11.5 Å². The summed E-state index contributed by atoms with van der Waals surface area (Å²) in [5.41, 5.74) is 1.91. The minimum Gasteiger partial charge on any atom is -0.493 e. The maximum absolute atomic E-state index is 10.9. The smallest absolute Gasteiger partial charge is 0.174 e. The lowest BCUT2D eigenvalue weighted by molar-refractivity contribution is 0.112. The third kappa shape index (κ3) is 3.52. The van der Waals surface area contributed by atoms with E-state index in [1.54, 1.807) is 18.2 Å². The van der Waals surface area contributed by atoms with Gasteiger partial charge in [-0.3, -0.25) is 4.79 Å². The van der Waals surface area contributed by atoms with Crippen LogP contribution < -0.4 is 9.47 Å². The number of hydrogen-bond donors (Lipinski definition) is 0. The third-order valence-corrected chi connectivity index (χ3v) is 3.70. The molecule has 0 fully saturated rings. The Morgan fingerprint density at radius 1 is 1.33 bits per heavy atom. The van der Waals surface area contributed by atoms with Crippen LogP contribution >= 0.6 is 22.6 Å². The summed E-state index contributed by atoms with van der Waals surface area (Å²) < 4.78 is 11.8. The molecule has 0 heterocycles. The molecule has 0 aliphatic rings. The van der Waals surface area contributed by atoms with Crippen LogP contribution in [0.3, 0.4) is 0 Å². The van der Waals surface area contributed by atoms with Gasteiger partial charge in [-0.25, -0.2) is 0 Å². The Bertz CT molecular complexity index is 707. The van der Waals surface area contributed by atoms with Gasteiger partial charge < -0.3 is 9.47 Å². The van der Waals surface area contributed by atoms with E-state index in [-0.39, 0.29) is 6.61 Å². The summed E-state index contributed by atoms with van der Waals surface area (Å²) in [6.45, 7) is 0.260. The molecule has 0 aliphatic heterocycles. The highest BCUT2D eigenvalue weighted by atomic mass is 127. The molecule has 0 spiro atoms. The van der Waals surface area contributed by atoms with Crippen molar-refractivity contribution >= 4 is 28.9 Å². The lowest BCUT2D eigenvalue weighted by atomic mass is 10.1. The molecule has 2 aromatic rings. The Morgan fingerprint density at radius 3 is 2.76 bits per heavy atom. The number of carbonyl (C=O) groups excluding carboxylic acids is 1. The molecule has 0 atom stereocenters. The molecule has 5 heteroatoms. The summed E-state index contributed by atoms with van der Waals surface area (Å²) in [5.74, 6) is 1.06. The van der Waals surface area contributed by atoms with E-state index >= 15 is 0 Å². The molecule has 0 N–H and O–H groups in total. The summed E-state index contributed by atoms with van der Waals surface area (Å²) >= 11 is 2.09. The van der Waals surface area contributed by atoms with Crippen molar-refractivity contribution < 1.29 is 14.3 Å². The molecule has 0 bridgehead atoms. The van der Waals surface area contributed by atoms with E-state index < -0.39 is 0 Å². The summed E-state index contributed by atoms with van der Waals surface area (Å²) in [6, 6.07) is 12.7. The number of rotatable bonds is 5. The lowest BCUT2D eigenvalue weighted by Gasteiger charge is -2.13. The van der Waals surface area contributed by atoms with E-state index in [0.717, 1.165) is 15.4 Å². The molecule has 106 valence electrons. The van der Waals surface area contributed by atoms with E-state index in [1.807, 2.05) is 18.2 Å². The van der Waals surface area contributed by atoms with Crippen LogP contribution in [0.2, 0.25) is 0 Å². The number of carbonyl (C=O) groups is 1. The molecule has 2 rings (SSSR count). The number of nitrogens with zero attached hydrogens (tertiary/aromatic N) is 1. The average Bonchev–Trinajstić information content (AvgIpc) is 2.53. The quantitative estimate of drug-likeness (QED) is 0.576. The zero-order valence-electron chi connectivity index (χ0n) is 11.3. The first kappa shape index (κ1) is 15.3. The molecule has 0 aromatic heterocycles. The van der Waals surface area contributed by atoms with Crippen molar-refractivity contribution in [1.82, 2.24) is 0 Å². The van der Waals surface area contributed by atoms with Crippen molar-refractivity contribution in [3.8, 4) is 17.6 Å². The second-order valence-electron chi connectivity index (χ2n) is 4.21. The highest BCUT2D eigenvalue weighted by Crippen LogP contribution is 2.34. The van der Waals surface area contributed by atoms with Crippen molar-refractivity contribution in [2.75, 3.05) is 7.11 Å². The number of aldehydes is 1. The largest absolute Gasteiger partial charge is 0.493 e. The van der Waals surface area contributed by atoms with Crippen LogP contribution in [0.15, 0.2) is 36.4 Å². The lowest BCUT2D eigenvalue weighted by Crippen LogP contribution is -2.02. The van der Waals surface area contributed by atoms with Crippen LogP contribution in [0.1, 0.15) is 21.5 Å². The first-order chi connectivity index (χ1) is 10.2. The molecule has 0 unspecified atom stereocenters. The van der Waals surface area contributed by atoms with Gasteiger partial charge in [0.1, 0.15) is 12.9 Å². The van der Waals surface area contributed by atoms with Gasteiger partial charge in [-0.2, -0.15) is 5.26 Å². The maximum Gasteiger partial charge on any atom is 0.174 e. The SMILES string of the molecule is COc1cc(C=O)cc(I)c1OCc1ccccc1C#N. The Morgan fingerprint density at radius 2 is 2.10 bits per heavy atom. The summed E-state index contributed by atoms with van der Waals surface area (Å²) in [5, 5.41) is 9.07. The van der Waals surface area contributed by atoms with Crippen molar-refractivity contribution in [3.63, 3.8) is 0 Å². The zero-order chi connectivity index (χ0) is 15.2. The fourth-order valence-electron chi connectivity index (χ4n) is 1.85. The Labute approximate surface area is 136 Å². The summed E-state index contributed by atoms with van der Waals surface area (Å²) in [6.07, 6.45) is 0.763. The first-order valence-electron chi connectivity index (χ1n) is 6.13. The molecule has 21 heavy (non-hydrogen) atoms. The molecule has 4 nitrogen and oxygen atoms in total. The molecule has 2 aromatic carbocycles. The maximum atomic E-state index is 10.9. The predicted octanol–water partition coefficient (Wildman–Crippen LogP) is 3.56. The topological polar surface area (TPSA) is 59.3 Å². The van der Waals surface area contributed by atoms with E-state index in [1.165, 1.54) is 7.11 Å². The Hall–Kier alpha value is -2.07. The van der Waals surface area contributed by atoms with Gasteiger partial charge in [0.25, 0.3) is 0 Å². The van der Waals surface area contributed by atoms with E-state index in [0.29, 0.717) is 22.6 Å². The predicted molar refractivity (Wildman–Crippen MR) is 86.6 cm³/mol. The van der Waals surface area contributed by atoms with Gasteiger partial charge in [0.15, 0.2) is 11.5 Å². The van der Waals surface area contributed by atoms with Gasteiger partial charge in [-0.15, -0.1) is 0 Å². The fourth-order valence-corrected chi connectivity index (χ4v) is 2.63.